The Hall–Kier alpha value is -1.85. The molecule has 1 amide bonds. The maximum Gasteiger partial charge on any atom is 0.221 e. The summed E-state index contributed by atoms with van der Waals surface area (Å²) in [7, 11) is 0. The Kier molecular flexibility index (Phi) is 4.76. The first-order valence-corrected chi connectivity index (χ1v) is 7.37. The number of rotatable bonds is 5. The van der Waals surface area contributed by atoms with Gasteiger partial charge in [-0.3, -0.25) is 4.79 Å². The molecule has 1 aromatic heterocycles. The maximum atomic E-state index is 11.1. The van der Waals surface area contributed by atoms with Crippen LogP contribution in [0.25, 0.3) is 0 Å². The van der Waals surface area contributed by atoms with E-state index in [9.17, 15) is 4.79 Å². The Balaban J connectivity index is 2.00. The van der Waals surface area contributed by atoms with Crippen LogP contribution >= 0.6 is 11.3 Å². The molecule has 1 unspecified atom stereocenters. The van der Waals surface area contributed by atoms with Crippen LogP contribution in [0.15, 0.2) is 35.7 Å². The summed E-state index contributed by atoms with van der Waals surface area (Å²) in [5, 5.41) is 8.23. The second-order valence-electron chi connectivity index (χ2n) is 4.71. The molecule has 106 valence electrons. The number of carbonyl (C=O) groups is 1. The van der Waals surface area contributed by atoms with Crippen LogP contribution in [0.4, 0.5) is 11.4 Å². The van der Waals surface area contributed by atoms with Gasteiger partial charge in [0, 0.05) is 35.8 Å². The number of carbonyl (C=O) groups excluding carboxylic acids is 1. The standard InChI is InChI=1S/C15H19N3OS/c1-10(17-9-15-14(16)6-7-20-15)12-4-3-5-13(8-12)18-11(2)19/h3-8,10,17H,9,16H2,1-2H3,(H,18,19). The van der Waals surface area contributed by atoms with Gasteiger partial charge in [0.2, 0.25) is 5.91 Å². The van der Waals surface area contributed by atoms with Crippen LogP contribution in [0.1, 0.15) is 30.3 Å². The fourth-order valence-corrected chi connectivity index (χ4v) is 2.70. The van der Waals surface area contributed by atoms with Crippen molar-refractivity contribution in [2.45, 2.75) is 26.4 Å². The van der Waals surface area contributed by atoms with Crippen molar-refractivity contribution < 1.29 is 4.79 Å². The number of nitrogens with one attached hydrogen (secondary N) is 2. The Morgan fingerprint density at radius 3 is 2.85 bits per heavy atom. The van der Waals surface area contributed by atoms with Crippen LogP contribution in [-0.2, 0) is 11.3 Å². The maximum absolute atomic E-state index is 11.1. The fourth-order valence-electron chi connectivity index (χ4n) is 1.95. The molecule has 1 heterocycles. The van der Waals surface area contributed by atoms with Gasteiger partial charge < -0.3 is 16.4 Å². The molecule has 0 radical (unpaired) electrons. The minimum Gasteiger partial charge on any atom is -0.398 e. The van der Waals surface area contributed by atoms with Gasteiger partial charge >= 0.3 is 0 Å². The molecular formula is C15H19N3OS. The molecule has 0 aliphatic rings. The lowest BCUT2D eigenvalue weighted by Gasteiger charge is -2.15. The van der Waals surface area contributed by atoms with E-state index in [1.165, 1.54) is 6.92 Å². The monoisotopic (exact) mass is 289 g/mol. The van der Waals surface area contributed by atoms with Crippen molar-refractivity contribution >= 4 is 28.6 Å². The second kappa shape index (κ2) is 6.54. The van der Waals surface area contributed by atoms with E-state index in [2.05, 4.69) is 17.6 Å². The van der Waals surface area contributed by atoms with E-state index in [4.69, 9.17) is 5.73 Å². The van der Waals surface area contributed by atoms with Gasteiger partial charge in [0.1, 0.15) is 0 Å². The molecule has 0 saturated carbocycles. The van der Waals surface area contributed by atoms with Crippen LogP contribution in [0, 0.1) is 0 Å². The van der Waals surface area contributed by atoms with Gasteiger partial charge in [-0.2, -0.15) is 0 Å². The topological polar surface area (TPSA) is 67.2 Å². The number of anilines is 2. The number of hydrogen-bond acceptors (Lipinski definition) is 4. The van der Waals surface area contributed by atoms with Crippen LogP contribution in [0.2, 0.25) is 0 Å². The SMILES string of the molecule is CC(=O)Nc1cccc(C(C)NCc2sccc2N)c1. The fraction of sp³-hybridized carbons (Fsp3) is 0.267. The molecule has 0 fully saturated rings. The summed E-state index contributed by atoms with van der Waals surface area (Å²) >= 11 is 1.65. The number of nitrogens with two attached hydrogens (primary N) is 1. The molecule has 2 aromatic rings. The van der Waals surface area contributed by atoms with Crippen molar-refractivity contribution in [1.29, 1.82) is 0 Å². The van der Waals surface area contributed by atoms with Gasteiger partial charge in [-0.05, 0) is 36.1 Å². The summed E-state index contributed by atoms with van der Waals surface area (Å²) in [5.41, 5.74) is 8.65. The minimum atomic E-state index is -0.0610. The van der Waals surface area contributed by atoms with Gasteiger partial charge in [-0.1, -0.05) is 12.1 Å². The zero-order valence-corrected chi connectivity index (χ0v) is 12.5. The largest absolute Gasteiger partial charge is 0.398 e. The molecule has 0 saturated heterocycles. The minimum absolute atomic E-state index is 0.0610. The van der Waals surface area contributed by atoms with E-state index in [1.54, 1.807) is 11.3 Å². The zero-order valence-electron chi connectivity index (χ0n) is 11.6. The van der Waals surface area contributed by atoms with Gasteiger partial charge in [0.25, 0.3) is 0 Å². The lowest BCUT2D eigenvalue weighted by Crippen LogP contribution is -2.18. The lowest BCUT2D eigenvalue weighted by atomic mass is 10.1. The van der Waals surface area contributed by atoms with Crippen molar-refractivity contribution in [2.24, 2.45) is 0 Å². The van der Waals surface area contributed by atoms with Gasteiger partial charge in [0.15, 0.2) is 0 Å². The Morgan fingerprint density at radius 1 is 1.40 bits per heavy atom. The van der Waals surface area contributed by atoms with E-state index in [0.717, 1.165) is 28.4 Å². The third-order valence-electron chi connectivity index (χ3n) is 3.06. The molecule has 4 nitrogen and oxygen atoms in total. The molecule has 2 rings (SSSR count). The van der Waals surface area contributed by atoms with Crippen molar-refractivity contribution in [3.63, 3.8) is 0 Å². The first-order chi connectivity index (χ1) is 9.56. The predicted molar refractivity (Wildman–Crippen MR) is 84.7 cm³/mol. The molecule has 1 atom stereocenters. The Labute approximate surface area is 123 Å². The first kappa shape index (κ1) is 14.6. The van der Waals surface area contributed by atoms with E-state index >= 15 is 0 Å². The van der Waals surface area contributed by atoms with E-state index < -0.39 is 0 Å². The number of benzene rings is 1. The third kappa shape index (κ3) is 3.82. The zero-order chi connectivity index (χ0) is 14.5. The number of thiophene rings is 1. The predicted octanol–water partition coefficient (Wildman–Crippen LogP) is 3.14. The lowest BCUT2D eigenvalue weighted by molar-refractivity contribution is -0.114. The molecule has 4 N–H and O–H groups in total. The van der Waals surface area contributed by atoms with Gasteiger partial charge in [0.05, 0.1) is 0 Å². The van der Waals surface area contributed by atoms with Crippen LogP contribution < -0.4 is 16.4 Å². The molecule has 5 heteroatoms. The Morgan fingerprint density at radius 2 is 2.20 bits per heavy atom. The summed E-state index contributed by atoms with van der Waals surface area (Å²) in [5.74, 6) is -0.0610. The molecule has 20 heavy (non-hydrogen) atoms. The molecule has 0 bridgehead atoms. The van der Waals surface area contributed by atoms with Crippen LogP contribution in [0.5, 0.6) is 0 Å². The number of nitrogen functional groups attached to an aromatic ring is 1. The van der Waals surface area contributed by atoms with Crippen LogP contribution in [0.3, 0.4) is 0 Å². The van der Waals surface area contributed by atoms with Crippen molar-refractivity contribution in [1.82, 2.24) is 5.32 Å². The Bertz CT molecular complexity index is 594. The summed E-state index contributed by atoms with van der Waals surface area (Å²) in [4.78, 5) is 12.2. The normalized spacial score (nSPS) is 12.1. The molecule has 0 aliphatic heterocycles. The van der Waals surface area contributed by atoms with Gasteiger partial charge in [-0.25, -0.2) is 0 Å². The average molecular weight is 289 g/mol. The third-order valence-corrected chi connectivity index (χ3v) is 3.99. The molecule has 0 spiro atoms. The van der Waals surface area contributed by atoms with E-state index in [-0.39, 0.29) is 11.9 Å². The molecule has 1 aromatic carbocycles. The van der Waals surface area contributed by atoms with Crippen LogP contribution in [-0.4, -0.2) is 5.91 Å². The number of hydrogen-bond donors (Lipinski definition) is 3. The summed E-state index contributed by atoms with van der Waals surface area (Å²) in [6.45, 7) is 4.35. The highest BCUT2D eigenvalue weighted by atomic mass is 32.1. The van der Waals surface area contributed by atoms with Gasteiger partial charge in [-0.15, -0.1) is 11.3 Å². The summed E-state index contributed by atoms with van der Waals surface area (Å²) < 4.78 is 0. The number of amides is 1. The average Bonchev–Trinajstić information content (AvgIpc) is 2.81. The first-order valence-electron chi connectivity index (χ1n) is 6.49. The highest BCUT2D eigenvalue weighted by molar-refractivity contribution is 7.10. The highest BCUT2D eigenvalue weighted by Crippen LogP contribution is 2.21. The van der Waals surface area contributed by atoms with Crippen molar-refractivity contribution in [2.75, 3.05) is 11.1 Å². The molecule has 0 aliphatic carbocycles. The highest BCUT2D eigenvalue weighted by Gasteiger charge is 2.08. The smallest absolute Gasteiger partial charge is 0.221 e. The summed E-state index contributed by atoms with van der Waals surface area (Å²) in [6.07, 6.45) is 0. The second-order valence-corrected chi connectivity index (χ2v) is 5.71. The molecular weight excluding hydrogens is 270 g/mol. The van der Waals surface area contributed by atoms with E-state index in [0.29, 0.717) is 0 Å². The van der Waals surface area contributed by atoms with E-state index in [1.807, 2.05) is 35.7 Å². The van der Waals surface area contributed by atoms with Crippen molar-refractivity contribution in [3.8, 4) is 0 Å². The quantitative estimate of drug-likeness (QED) is 0.792. The van der Waals surface area contributed by atoms with Crippen molar-refractivity contribution in [3.05, 3.63) is 46.2 Å². The summed E-state index contributed by atoms with van der Waals surface area (Å²) in [6, 6.07) is 9.96.